The monoisotopic (exact) mass is 228 g/mol. The molecule has 0 bridgehead atoms. The predicted molar refractivity (Wildman–Crippen MR) is 64.8 cm³/mol. The topological polar surface area (TPSA) is 9.23 Å². The highest BCUT2D eigenvalue weighted by Crippen LogP contribution is 2.32. The molecule has 1 heterocycles. The van der Waals surface area contributed by atoms with Crippen molar-refractivity contribution in [3.63, 3.8) is 0 Å². The minimum atomic E-state index is -0.193. The normalized spacial score (nSPS) is 18.3. The average Bonchev–Trinajstić information content (AvgIpc) is 2.39. The SMILES string of the molecule is Fc1ccc2c(c1)C[C@@H](c1ccccc1)CO2. The zero-order valence-corrected chi connectivity index (χ0v) is 9.40. The summed E-state index contributed by atoms with van der Waals surface area (Å²) in [5.74, 6) is 0.949. The van der Waals surface area contributed by atoms with E-state index in [2.05, 4.69) is 12.1 Å². The number of hydrogen-bond acceptors (Lipinski definition) is 1. The lowest BCUT2D eigenvalue weighted by atomic mass is 9.90. The molecule has 1 atom stereocenters. The van der Waals surface area contributed by atoms with Gasteiger partial charge < -0.3 is 4.74 Å². The van der Waals surface area contributed by atoms with Crippen LogP contribution in [0, 0.1) is 5.82 Å². The highest BCUT2D eigenvalue weighted by atomic mass is 19.1. The van der Waals surface area contributed by atoms with Gasteiger partial charge in [-0.2, -0.15) is 0 Å². The van der Waals surface area contributed by atoms with Crippen LogP contribution in [0.15, 0.2) is 48.5 Å². The van der Waals surface area contributed by atoms with Crippen molar-refractivity contribution in [1.82, 2.24) is 0 Å². The summed E-state index contributed by atoms with van der Waals surface area (Å²) >= 11 is 0. The summed E-state index contributed by atoms with van der Waals surface area (Å²) in [7, 11) is 0. The zero-order chi connectivity index (χ0) is 11.7. The number of ether oxygens (including phenoxy) is 1. The molecular weight excluding hydrogens is 215 g/mol. The van der Waals surface area contributed by atoms with E-state index in [4.69, 9.17) is 4.74 Å². The minimum Gasteiger partial charge on any atom is -0.493 e. The Kier molecular flexibility index (Phi) is 2.56. The molecule has 86 valence electrons. The Morgan fingerprint density at radius 3 is 2.71 bits per heavy atom. The summed E-state index contributed by atoms with van der Waals surface area (Å²) in [6.07, 6.45) is 0.844. The first kappa shape index (κ1) is 10.3. The lowest BCUT2D eigenvalue weighted by molar-refractivity contribution is 0.262. The van der Waals surface area contributed by atoms with E-state index in [1.165, 1.54) is 11.6 Å². The second-order valence-corrected chi connectivity index (χ2v) is 4.37. The van der Waals surface area contributed by atoms with Gasteiger partial charge in [0.15, 0.2) is 0 Å². The first-order valence-electron chi connectivity index (χ1n) is 5.79. The Morgan fingerprint density at radius 2 is 1.88 bits per heavy atom. The number of benzene rings is 2. The third-order valence-electron chi connectivity index (χ3n) is 3.20. The fourth-order valence-electron chi connectivity index (χ4n) is 2.30. The van der Waals surface area contributed by atoms with Crippen LogP contribution in [-0.4, -0.2) is 6.61 Å². The van der Waals surface area contributed by atoms with E-state index >= 15 is 0 Å². The molecule has 1 aliphatic rings. The van der Waals surface area contributed by atoms with Crippen LogP contribution in [0.1, 0.15) is 17.0 Å². The summed E-state index contributed by atoms with van der Waals surface area (Å²) in [5, 5.41) is 0. The van der Waals surface area contributed by atoms with Crippen molar-refractivity contribution >= 4 is 0 Å². The van der Waals surface area contributed by atoms with Crippen LogP contribution in [0.4, 0.5) is 4.39 Å². The van der Waals surface area contributed by atoms with Crippen molar-refractivity contribution in [3.8, 4) is 5.75 Å². The Bertz CT molecular complexity index is 522. The standard InChI is InChI=1S/C15H13FO/c16-14-6-7-15-12(9-14)8-13(10-17-15)11-4-2-1-3-5-11/h1-7,9,13H,8,10H2/t13-/m1/s1. The van der Waals surface area contributed by atoms with Crippen molar-refractivity contribution in [2.45, 2.75) is 12.3 Å². The molecule has 0 aliphatic carbocycles. The van der Waals surface area contributed by atoms with Crippen LogP contribution >= 0.6 is 0 Å². The van der Waals surface area contributed by atoms with Crippen LogP contribution in [-0.2, 0) is 6.42 Å². The number of rotatable bonds is 1. The fraction of sp³-hybridized carbons (Fsp3) is 0.200. The van der Waals surface area contributed by atoms with Crippen LogP contribution in [0.5, 0.6) is 5.75 Å². The van der Waals surface area contributed by atoms with Gasteiger partial charge in [-0.05, 0) is 35.7 Å². The van der Waals surface area contributed by atoms with E-state index in [0.29, 0.717) is 12.5 Å². The molecule has 1 nitrogen and oxygen atoms in total. The van der Waals surface area contributed by atoms with E-state index in [-0.39, 0.29) is 5.82 Å². The molecule has 0 N–H and O–H groups in total. The summed E-state index contributed by atoms with van der Waals surface area (Å²) in [4.78, 5) is 0. The first-order chi connectivity index (χ1) is 8.33. The van der Waals surface area contributed by atoms with Gasteiger partial charge in [0.05, 0.1) is 6.61 Å². The molecule has 0 aromatic heterocycles. The van der Waals surface area contributed by atoms with Gasteiger partial charge in [-0.15, -0.1) is 0 Å². The van der Waals surface area contributed by atoms with Gasteiger partial charge in [-0.1, -0.05) is 30.3 Å². The second-order valence-electron chi connectivity index (χ2n) is 4.37. The summed E-state index contributed by atoms with van der Waals surface area (Å²) < 4.78 is 18.8. The molecule has 2 aromatic carbocycles. The van der Waals surface area contributed by atoms with Gasteiger partial charge >= 0.3 is 0 Å². The molecule has 0 unspecified atom stereocenters. The summed E-state index contributed by atoms with van der Waals surface area (Å²) in [6.45, 7) is 0.669. The second kappa shape index (κ2) is 4.21. The van der Waals surface area contributed by atoms with E-state index < -0.39 is 0 Å². The van der Waals surface area contributed by atoms with Crippen molar-refractivity contribution in [3.05, 3.63) is 65.5 Å². The van der Waals surface area contributed by atoms with E-state index in [1.807, 2.05) is 18.2 Å². The van der Waals surface area contributed by atoms with Crippen molar-refractivity contribution in [2.24, 2.45) is 0 Å². The Morgan fingerprint density at radius 1 is 1.06 bits per heavy atom. The smallest absolute Gasteiger partial charge is 0.123 e. The number of fused-ring (bicyclic) bond motifs is 1. The molecule has 2 heteroatoms. The lowest BCUT2D eigenvalue weighted by Crippen LogP contribution is -2.19. The first-order valence-corrected chi connectivity index (χ1v) is 5.79. The quantitative estimate of drug-likeness (QED) is 0.725. The van der Waals surface area contributed by atoms with Crippen LogP contribution in [0.25, 0.3) is 0 Å². The molecule has 0 fully saturated rings. The highest BCUT2D eigenvalue weighted by Gasteiger charge is 2.21. The van der Waals surface area contributed by atoms with E-state index in [1.54, 1.807) is 12.1 Å². The fourth-order valence-corrected chi connectivity index (χ4v) is 2.30. The van der Waals surface area contributed by atoms with Gasteiger partial charge in [0.2, 0.25) is 0 Å². The molecule has 0 spiro atoms. The molecule has 0 saturated heterocycles. The maximum Gasteiger partial charge on any atom is 0.123 e. The molecule has 0 radical (unpaired) electrons. The lowest BCUT2D eigenvalue weighted by Gasteiger charge is -2.25. The molecular formula is C15H13FO. The van der Waals surface area contributed by atoms with Crippen molar-refractivity contribution in [2.75, 3.05) is 6.61 Å². The van der Waals surface area contributed by atoms with Gasteiger partial charge in [-0.3, -0.25) is 0 Å². The van der Waals surface area contributed by atoms with Crippen LogP contribution < -0.4 is 4.74 Å². The van der Waals surface area contributed by atoms with Crippen LogP contribution in [0.2, 0.25) is 0 Å². The average molecular weight is 228 g/mol. The molecule has 2 aromatic rings. The van der Waals surface area contributed by atoms with Gasteiger partial charge in [0, 0.05) is 5.92 Å². The third-order valence-corrected chi connectivity index (χ3v) is 3.20. The minimum absolute atomic E-state index is 0.193. The zero-order valence-electron chi connectivity index (χ0n) is 9.40. The van der Waals surface area contributed by atoms with Gasteiger partial charge in [0.1, 0.15) is 11.6 Å². The third kappa shape index (κ3) is 2.03. The largest absolute Gasteiger partial charge is 0.493 e. The van der Waals surface area contributed by atoms with Gasteiger partial charge in [0.25, 0.3) is 0 Å². The van der Waals surface area contributed by atoms with Crippen molar-refractivity contribution < 1.29 is 9.13 Å². The summed E-state index contributed by atoms with van der Waals surface area (Å²) in [5.41, 5.74) is 2.22. The Balaban J connectivity index is 1.90. The van der Waals surface area contributed by atoms with Crippen molar-refractivity contribution in [1.29, 1.82) is 0 Å². The van der Waals surface area contributed by atoms with E-state index in [9.17, 15) is 4.39 Å². The molecule has 0 saturated carbocycles. The number of halogens is 1. The predicted octanol–water partition coefficient (Wildman–Crippen LogP) is 3.54. The maximum atomic E-state index is 13.2. The van der Waals surface area contributed by atoms with Crippen LogP contribution in [0.3, 0.4) is 0 Å². The van der Waals surface area contributed by atoms with E-state index in [0.717, 1.165) is 17.7 Å². The summed E-state index contributed by atoms with van der Waals surface area (Å²) in [6, 6.07) is 15.0. The molecule has 17 heavy (non-hydrogen) atoms. The molecule has 0 amide bonds. The molecule has 1 aliphatic heterocycles. The van der Waals surface area contributed by atoms with Gasteiger partial charge in [-0.25, -0.2) is 4.39 Å². The highest BCUT2D eigenvalue weighted by molar-refractivity contribution is 5.38. The maximum absolute atomic E-state index is 13.2. The molecule has 3 rings (SSSR count). The Hall–Kier alpha value is -1.83. The number of hydrogen-bond donors (Lipinski definition) is 0. The Labute approximate surface area is 99.9 Å².